The topological polar surface area (TPSA) is 67.9 Å². The van der Waals surface area contributed by atoms with Gasteiger partial charge in [0.05, 0.1) is 32.0 Å². The Morgan fingerprint density at radius 2 is 1.32 bits per heavy atom. The zero-order chi connectivity index (χ0) is 19.3. The van der Waals surface area contributed by atoms with E-state index in [2.05, 4.69) is 10.2 Å². The van der Waals surface area contributed by atoms with Gasteiger partial charge >= 0.3 is 0 Å². The van der Waals surface area contributed by atoms with Gasteiger partial charge in [-0.25, -0.2) is 0 Å². The molecule has 2 aliphatic rings. The molecule has 1 heterocycles. The predicted molar refractivity (Wildman–Crippen MR) is 106 cm³/mol. The number of nitrogens with one attached hydrogen (secondary N) is 1. The molecule has 2 aromatic carbocycles. The van der Waals surface area contributed by atoms with Gasteiger partial charge in [0.2, 0.25) is 0 Å². The number of ether oxygens (including phenoxy) is 2. The van der Waals surface area contributed by atoms with Crippen LogP contribution in [0, 0.1) is 0 Å². The van der Waals surface area contributed by atoms with E-state index in [0.717, 1.165) is 18.8 Å². The van der Waals surface area contributed by atoms with E-state index >= 15 is 0 Å². The summed E-state index contributed by atoms with van der Waals surface area (Å²) in [6, 6.07) is 12.5. The van der Waals surface area contributed by atoms with Gasteiger partial charge in [0.15, 0.2) is 11.6 Å². The molecule has 1 aliphatic heterocycles. The average Bonchev–Trinajstić information content (AvgIpc) is 2.72. The molecule has 28 heavy (non-hydrogen) atoms. The predicted octanol–water partition coefficient (Wildman–Crippen LogP) is 1.90. The molecule has 0 aromatic heterocycles. The highest BCUT2D eigenvalue weighted by Crippen LogP contribution is 2.33. The van der Waals surface area contributed by atoms with Crippen molar-refractivity contribution in [2.45, 2.75) is 0 Å². The number of rotatable bonds is 1. The van der Waals surface area contributed by atoms with Crippen LogP contribution in [0.25, 0.3) is 0 Å². The summed E-state index contributed by atoms with van der Waals surface area (Å²) in [5.41, 5.74) is 2.68. The fraction of sp³-hybridized carbons (Fsp3) is 0.364. The molecule has 1 saturated heterocycles. The van der Waals surface area contributed by atoms with Crippen molar-refractivity contribution in [2.75, 3.05) is 57.5 Å². The summed E-state index contributed by atoms with van der Waals surface area (Å²) in [6.45, 7) is 5.18. The number of anilines is 1. The molecule has 0 spiro atoms. The SMILES string of the molecule is O=C1c2ccccc2C(=O)c2c1cccc2N1CCOCCNCCOCC1. The molecule has 4 rings (SSSR count). The molecule has 6 nitrogen and oxygen atoms in total. The molecule has 0 radical (unpaired) electrons. The number of fused-ring (bicyclic) bond motifs is 2. The molecule has 0 unspecified atom stereocenters. The summed E-state index contributed by atoms with van der Waals surface area (Å²) in [5, 5.41) is 3.26. The van der Waals surface area contributed by atoms with E-state index in [0.29, 0.717) is 61.8 Å². The molecule has 0 saturated carbocycles. The van der Waals surface area contributed by atoms with E-state index < -0.39 is 0 Å². The second-order valence-corrected chi connectivity index (χ2v) is 6.87. The van der Waals surface area contributed by atoms with Gasteiger partial charge in [-0.05, 0) is 6.07 Å². The van der Waals surface area contributed by atoms with Crippen LogP contribution in [0.4, 0.5) is 5.69 Å². The molecule has 0 amide bonds. The van der Waals surface area contributed by atoms with Crippen LogP contribution in [0.2, 0.25) is 0 Å². The van der Waals surface area contributed by atoms with Crippen LogP contribution in [-0.2, 0) is 9.47 Å². The Morgan fingerprint density at radius 3 is 2.00 bits per heavy atom. The Kier molecular flexibility index (Phi) is 5.81. The Bertz CT molecular complexity index is 869. The second kappa shape index (κ2) is 8.65. The second-order valence-electron chi connectivity index (χ2n) is 6.87. The largest absolute Gasteiger partial charge is 0.378 e. The summed E-state index contributed by atoms with van der Waals surface area (Å²) in [6.07, 6.45) is 0. The minimum absolute atomic E-state index is 0.0972. The average molecular weight is 380 g/mol. The smallest absolute Gasteiger partial charge is 0.196 e. The van der Waals surface area contributed by atoms with Crippen LogP contribution >= 0.6 is 0 Å². The molecule has 1 aliphatic carbocycles. The summed E-state index contributed by atoms with van der Waals surface area (Å²) in [4.78, 5) is 28.3. The van der Waals surface area contributed by atoms with Gasteiger partial charge in [-0.3, -0.25) is 9.59 Å². The van der Waals surface area contributed by atoms with Crippen LogP contribution in [-0.4, -0.2) is 64.2 Å². The maximum atomic E-state index is 13.2. The monoisotopic (exact) mass is 380 g/mol. The van der Waals surface area contributed by atoms with Gasteiger partial charge in [-0.2, -0.15) is 0 Å². The lowest BCUT2D eigenvalue weighted by molar-refractivity contribution is 0.0978. The Labute approximate surface area is 164 Å². The summed E-state index contributed by atoms with van der Waals surface area (Å²) >= 11 is 0. The van der Waals surface area contributed by atoms with Crippen molar-refractivity contribution < 1.29 is 19.1 Å². The first-order chi connectivity index (χ1) is 13.8. The number of hydrogen-bond acceptors (Lipinski definition) is 6. The highest BCUT2D eigenvalue weighted by molar-refractivity contribution is 6.30. The Balaban J connectivity index is 1.67. The maximum absolute atomic E-state index is 13.2. The minimum atomic E-state index is -0.0991. The lowest BCUT2D eigenvalue weighted by atomic mass is 9.83. The van der Waals surface area contributed by atoms with Crippen molar-refractivity contribution in [3.63, 3.8) is 0 Å². The molecule has 1 fully saturated rings. The van der Waals surface area contributed by atoms with E-state index in [1.807, 2.05) is 12.1 Å². The molecular weight excluding hydrogens is 356 g/mol. The van der Waals surface area contributed by atoms with Gasteiger partial charge in [0.1, 0.15) is 0 Å². The first-order valence-electron chi connectivity index (χ1n) is 9.70. The van der Waals surface area contributed by atoms with E-state index in [4.69, 9.17) is 9.47 Å². The third kappa shape index (κ3) is 3.71. The van der Waals surface area contributed by atoms with Crippen LogP contribution in [0.15, 0.2) is 42.5 Å². The van der Waals surface area contributed by atoms with Gasteiger partial charge in [-0.15, -0.1) is 0 Å². The molecule has 0 bridgehead atoms. The fourth-order valence-electron chi connectivity index (χ4n) is 3.71. The van der Waals surface area contributed by atoms with Crippen LogP contribution < -0.4 is 10.2 Å². The number of carbonyl (C=O) groups excluding carboxylic acids is 2. The molecular formula is C22H24N2O4. The molecule has 2 aromatic rings. The fourth-order valence-corrected chi connectivity index (χ4v) is 3.71. The third-order valence-electron chi connectivity index (χ3n) is 5.13. The van der Waals surface area contributed by atoms with E-state index in [-0.39, 0.29) is 11.6 Å². The van der Waals surface area contributed by atoms with E-state index in [9.17, 15) is 9.59 Å². The van der Waals surface area contributed by atoms with Crippen LogP contribution in [0.5, 0.6) is 0 Å². The molecule has 146 valence electrons. The minimum Gasteiger partial charge on any atom is -0.378 e. The number of ketones is 2. The van der Waals surface area contributed by atoms with E-state index in [1.54, 1.807) is 30.3 Å². The van der Waals surface area contributed by atoms with Crippen molar-refractivity contribution in [3.8, 4) is 0 Å². The standard InChI is InChI=1S/C22H24N2O4/c25-21-16-4-1-2-5-17(16)22(26)20-18(21)6-3-7-19(20)24-10-14-27-12-8-23-9-13-28-15-11-24/h1-7,23H,8-15H2. The number of hydrogen-bond donors (Lipinski definition) is 1. The quantitative estimate of drug-likeness (QED) is 0.696. The first kappa shape index (κ1) is 18.8. The van der Waals surface area contributed by atoms with Gasteiger partial charge in [0, 0.05) is 48.6 Å². The van der Waals surface area contributed by atoms with Gasteiger partial charge < -0.3 is 19.7 Å². The van der Waals surface area contributed by atoms with E-state index in [1.165, 1.54) is 0 Å². The number of carbonyl (C=O) groups is 2. The summed E-state index contributed by atoms with van der Waals surface area (Å²) in [5.74, 6) is -0.196. The van der Waals surface area contributed by atoms with Crippen LogP contribution in [0.1, 0.15) is 31.8 Å². The van der Waals surface area contributed by atoms with Gasteiger partial charge in [-0.1, -0.05) is 36.4 Å². The first-order valence-corrected chi connectivity index (χ1v) is 9.70. The highest BCUT2D eigenvalue weighted by Gasteiger charge is 2.32. The highest BCUT2D eigenvalue weighted by atomic mass is 16.5. The lowest BCUT2D eigenvalue weighted by Gasteiger charge is -2.29. The zero-order valence-corrected chi connectivity index (χ0v) is 15.8. The van der Waals surface area contributed by atoms with Gasteiger partial charge in [0.25, 0.3) is 0 Å². The maximum Gasteiger partial charge on any atom is 0.196 e. The lowest BCUT2D eigenvalue weighted by Crippen LogP contribution is -2.35. The molecule has 6 heteroatoms. The van der Waals surface area contributed by atoms with Crippen molar-refractivity contribution in [1.82, 2.24) is 5.32 Å². The Morgan fingerprint density at radius 1 is 0.714 bits per heavy atom. The molecule has 0 atom stereocenters. The number of nitrogens with zero attached hydrogens (tertiary/aromatic N) is 1. The summed E-state index contributed by atoms with van der Waals surface area (Å²) < 4.78 is 11.4. The summed E-state index contributed by atoms with van der Waals surface area (Å²) in [7, 11) is 0. The number of benzene rings is 2. The van der Waals surface area contributed by atoms with Crippen LogP contribution in [0.3, 0.4) is 0 Å². The van der Waals surface area contributed by atoms with Crippen molar-refractivity contribution in [1.29, 1.82) is 0 Å². The normalized spacial score (nSPS) is 18.6. The Hall–Kier alpha value is -2.54. The van der Waals surface area contributed by atoms with Crippen molar-refractivity contribution in [3.05, 3.63) is 64.7 Å². The zero-order valence-electron chi connectivity index (χ0n) is 15.8. The van der Waals surface area contributed by atoms with Crippen molar-refractivity contribution >= 4 is 17.3 Å². The molecule has 1 N–H and O–H groups in total. The van der Waals surface area contributed by atoms with Crippen molar-refractivity contribution in [2.24, 2.45) is 0 Å². The third-order valence-corrected chi connectivity index (χ3v) is 5.13.